The first-order valence-electron chi connectivity index (χ1n) is 5.20. The fourth-order valence-electron chi connectivity index (χ4n) is 1.47. The van der Waals surface area contributed by atoms with E-state index in [9.17, 15) is 4.79 Å². The van der Waals surface area contributed by atoms with Gasteiger partial charge in [0.25, 0.3) is 0 Å². The lowest BCUT2D eigenvalue weighted by molar-refractivity contribution is -0.114. The minimum absolute atomic E-state index is 0.167. The minimum atomic E-state index is -0.167. The van der Waals surface area contributed by atoms with Crippen LogP contribution in [0.1, 0.15) is 32.3 Å². The first-order chi connectivity index (χ1) is 7.56. The Bertz CT molecular complexity index is 530. The van der Waals surface area contributed by atoms with Crippen molar-refractivity contribution in [3.63, 3.8) is 0 Å². The molecule has 0 atom stereocenters. The van der Waals surface area contributed by atoms with Crippen molar-refractivity contribution >= 4 is 17.5 Å². The molecule has 0 bridgehead atoms. The van der Waals surface area contributed by atoms with Gasteiger partial charge >= 0.3 is 0 Å². The summed E-state index contributed by atoms with van der Waals surface area (Å²) in [6.45, 7) is 5.68. The third kappa shape index (κ3) is 2.03. The van der Waals surface area contributed by atoms with Gasteiger partial charge in [0, 0.05) is 13.1 Å². The number of nitrogens with one attached hydrogen (secondary N) is 1. The van der Waals surface area contributed by atoms with Crippen molar-refractivity contribution in [3.05, 3.63) is 23.9 Å². The predicted molar refractivity (Wildman–Crippen MR) is 61.4 cm³/mol. The van der Waals surface area contributed by atoms with Crippen LogP contribution in [0.2, 0.25) is 0 Å². The van der Waals surface area contributed by atoms with Crippen molar-refractivity contribution in [1.82, 2.24) is 14.6 Å². The lowest BCUT2D eigenvalue weighted by atomic mass is 10.1. The molecular formula is C11H14N4O. The van der Waals surface area contributed by atoms with Gasteiger partial charge in [0.1, 0.15) is 0 Å². The lowest BCUT2D eigenvalue weighted by Gasteiger charge is -2.03. The van der Waals surface area contributed by atoms with E-state index in [1.54, 1.807) is 4.52 Å². The van der Waals surface area contributed by atoms with E-state index in [1.807, 2.05) is 18.3 Å². The first-order valence-corrected chi connectivity index (χ1v) is 5.20. The predicted octanol–water partition coefficient (Wildman–Crippen LogP) is 1.81. The maximum atomic E-state index is 10.9. The van der Waals surface area contributed by atoms with Gasteiger partial charge in [-0.15, -0.1) is 5.10 Å². The maximum Gasteiger partial charge on any atom is 0.249 e. The Kier molecular flexibility index (Phi) is 2.60. The molecule has 2 aromatic rings. The summed E-state index contributed by atoms with van der Waals surface area (Å²) in [5.41, 5.74) is 1.95. The summed E-state index contributed by atoms with van der Waals surface area (Å²) in [5.74, 6) is 0.624. The molecular weight excluding hydrogens is 204 g/mol. The average Bonchev–Trinajstić information content (AvgIpc) is 2.56. The fraction of sp³-hybridized carbons (Fsp3) is 0.364. The van der Waals surface area contributed by atoms with Crippen LogP contribution in [0, 0.1) is 0 Å². The highest BCUT2D eigenvalue weighted by Gasteiger charge is 2.06. The van der Waals surface area contributed by atoms with E-state index in [-0.39, 0.29) is 5.91 Å². The van der Waals surface area contributed by atoms with Gasteiger partial charge in [-0.05, 0) is 23.6 Å². The van der Waals surface area contributed by atoms with Gasteiger partial charge in [-0.1, -0.05) is 13.8 Å². The molecule has 84 valence electrons. The van der Waals surface area contributed by atoms with Gasteiger partial charge in [0.2, 0.25) is 11.9 Å². The number of carbonyl (C=O) groups is 1. The number of anilines is 1. The van der Waals surface area contributed by atoms with Crippen LogP contribution in [0.3, 0.4) is 0 Å². The maximum absolute atomic E-state index is 10.9. The molecule has 0 unspecified atom stereocenters. The molecule has 2 aromatic heterocycles. The second-order valence-electron chi connectivity index (χ2n) is 4.03. The number of carbonyl (C=O) groups excluding carboxylic acids is 1. The Morgan fingerprint density at radius 1 is 1.50 bits per heavy atom. The van der Waals surface area contributed by atoms with E-state index in [0.717, 1.165) is 5.65 Å². The van der Waals surface area contributed by atoms with E-state index < -0.39 is 0 Å². The smallest absolute Gasteiger partial charge is 0.249 e. The van der Waals surface area contributed by atoms with Crippen molar-refractivity contribution in [2.45, 2.75) is 26.7 Å². The lowest BCUT2D eigenvalue weighted by Crippen LogP contribution is -2.07. The van der Waals surface area contributed by atoms with Crippen molar-refractivity contribution in [1.29, 1.82) is 0 Å². The molecule has 16 heavy (non-hydrogen) atoms. The largest absolute Gasteiger partial charge is 0.293 e. The summed E-state index contributed by atoms with van der Waals surface area (Å²) in [6.07, 6.45) is 1.85. The standard InChI is InChI=1S/C11H14N4O/c1-7(2)9-4-5-15-10(6-9)13-11(14-15)12-8(3)16/h4-7H,1-3H3,(H,12,14,16). The molecule has 2 heterocycles. The van der Waals surface area contributed by atoms with E-state index in [1.165, 1.54) is 12.5 Å². The molecule has 0 radical (unpaired) electrons. The van der Waals surface area contributed by atoms with Gasteiger partial charge in [0.15, 0.2) is 5.65 Å². The third-order valence-electron chi connectivity index (χ3n) is 2.32. The minimum Gasteiger partial charge on any atom is -0.293 e. The SMILES string of the molecule is CC(=O)Nc1nc2cc(C(C)C)ccn2n1. The number of hydrogen-bond acceptors (Lipinski definition) is 3. The Hall–Kier alpha value is -1.91. The molecule has 5 nitrogen and oxygen atoms in total. The molecule has 5 heteroatoms. The topological polar surface area (TPSA) is 59.3 Å². The second-order valence-corrected chi connectivity index (χ2v) is 4.03. The average molecular weight is 218 g/mol. The highest BCUT2D eigenvalue weighted by molar-refractivity contribution is 5.86. The third-order valence-corrected chi connectivity index (χ3v) is 2.32. The molecule has 1 amide bonds. The summed E-state index contributed by atoms with van der Waals surface area (Å²) in [6, 6.07) is 3.98. The number of pyridine rings is 1. The van der Waals surface area contributed by atoms with E-state index >= 15 is 0 Å². The summed E-state index contributed by atoms with van der Waals surface area (Å²) >= 11 is 0. The highest BCUT2D eigenvalue weighted by Crippen LogP contribution is 2.16. The van der Waals surface area contributed by atoms with Crippen LogP contribution in [-0.2, 0) is 4.79 Å². The molecule has 0 aliphatic carbocycles. The van der Waals surface area contributed by atoms with Crippen molar-refractivity contribution in [2.75, 3.05) is 5.32 Å². The summed E-state index contributed by atoms with van der Waals surface area (Å²) in [4.78, 5) is 15.1. The molecule has 2 rings (SSSR count). The van der Waals surface area contributed by atoms with Gasteiger partial charge in [-0.3, -0.25) is 10.1 Å². The Morgan fingerprint density at radius 2 is 2.25 bits per heavy atom. The summed E-state index contributed by atoms with van der Waals surface area (Å²) in [5, 5.41) is 6.69. The zero-order valence-electron chi connectivity index (χ0n) is 9.56. The van der Waals surface area contributed by atoms with Crippen molar-refractivity contribution < 1.29 is 4.79 Å². The number of fused-ring (bicyclic) bond motifs is 1. The van der Waals surface area contributed by atoms with Crippen LogP contribution in [0.15, 0.2) is 18.3 Å². The van der Waals surface area contributed by atoms with Crippen LogP contribution in [0.5, 0.6) is 0 Å². The van der Waals surface area contributed by atoms with Gasteiger partial charge < -0.3 is 0 Å². The molecule has 0 aromatic carbocycles. The Balaban J connectivity index is 2.41. The van der Waals surface area contributed by atoms with Crippen LogP contribution >= 0.6 is 0 Å². The summed E-state index contributed by atoms with van der Waals surface area (Å²) in [7, 11) is 0. The first kappa shape index (κ1) is 10.6. The van der Waals surface area contributed by atoms with Crippen molar-refractivity contribution in [3.8, 4) is 0 Å². The molecule has 0 spiro atoms. The second kappa shape index (κ2) is 3.92. The number of amides is 1. The van der Waals surface area contributed by atoms with Gasteiger partial charge in [-0.25, -0.2) is 4.52 Å². The van der Waals surface area contributed by atoms with Crippen LogP contribution < -0.4 is 5.32 Å². The van der Waals surface area contributed by atoms with Crippen LogP contribution in [-0.4, -0.2) is 20.5 Å². The van der Waals surface area contributed by atoms with Crippen LogP contribution in [0.25, 0.3) is 5.65 Å². The molecule has 0 aliphatic rings. The zero-order valence-corrected chi connectivity index (χ0v) is 9.56. The zero-order chi connectivity index (χ0) is 11.7. The molecule has 0 saturated heterocycles. The molecule has 0 fully saturated rings. The quantitative estimate of drug-likeness (QED) is 0.836. The van der Waals surface area contributed by atoms with E-state index in [4.69, 9.17) is 0 Å². The molecule has 1 N–H and O–H groups in total. The number of hydrogen-bond donors (Lipinski definition) is 1. The molecule has 0 aliphatic heterocycles. The van der Waals surface area contributed by atoms with Gasteiger partial charge in [-0.2, -0.15) is 4.98 Å². The van der Waals surface area contributed by atoms with E-state index in [2.05, 4.69) is 29.2 Å². The Labute approximate surface area is 93.5 Å². The molecule has 0 saturated carbocycles. The highest BCUT2D eigenvalue weighted by atomic mass is 16.1. The van der Waals surface area contributed by atoms with E-state index in [0.29, 0.717) is 11.9 Å². The fourth-order valence-corrected chi connectivity index (χ4v) is 1.47. The number of aromatic nitrogens is 3. The monoisotopic (exact) mass is 218 g/mol. The normalized spacial score (nSPS) is 11.0. The van der Waals surface area contributed by atoms with Crippen molar-refractivity contribution in [2.24, 2.45) is 0 Å². The number of nitrogens with zero attached hydrogens (tertiary/aromatic N) is 3. The number of rotatable bonds is 2. The Morgan fingerprint density at radius 3 is 2.88 bits per heavy atom. The summed E-state index contributed by atoms with van der Waals surface area (Å²) < 4.78 is 1.65. The van der Waals surface area contributed by atoms with Crippen LogP contribution in [0.4, 0.5) is 5.95 Å². The van der Waals surface area contributed by atoms with Gasteiger partial charge in [0.05, 0.1) is 0 Å².